The van der Waals surface area contributed by atoms with Crippen LogP contribution in [0.4, 0.5) is 0 Å². The van der Waals surface area contributed by atoms with E-state index in [1.165, 1.54) is 6.26 Å². The third-order valence-corrected chi connectivity index (χ3v) is 4.75. The van der Waals surface area contributed by atoms with E-state index in [2.05, 4.69) is 15.9 Å². The highest BCUT2D eigenvalue weighted by molar-refractivity contribution is 9.10. The van der Waals surface area contributed by atoms with E-state index in [1.54, 1.807) is 13.2 Å². The van der Waals surface area contributed by atoms with E-state index in [4.69, 9.17) is 9.15 Å². The molecule has 6 heteroatoms. The molecule has 2 rings (SSSR count). The number of methoxy groups -OCH3 is 1. The van der Waals surface area contributed by atoms with Crippen LogP contribution in [0.25, 0.3) is 0 Å². The molecular formula is C12H16BrNO3S. The van der Waals surface area contributed by atoms with Gasteiger partial charge in [-0.15, -0.1) is 0 Å². The zero-order chi connectivity index (χ0) is 13.0. The number of rotatable bonds is 5. The monoisotopic (exact) mass is 333 g/mol. The second kappa shape index (κ2) is 6.63. The van der Waals surface area contributed by atoms with Gasteiger partial charge in [-0.25, -0.2) is 0 Å². The number of amides is 1. The smallest absolute Gasteiger partial charge is 0.258 e. The summed E-state index contributed by atoms with van der Waals surface area (Å²) in [5.74, 6) is 2.14. The van der Waals surface area contributed by atoms with Gasteiger partial charge in [0.25, 0.3) is 5.91 Å². The number of nitrogens with zero attached hydrogens (tertiary/aromatic N) is 1. The maximum Gasteiger partial charge on any atom is 0.258 e. The van der Waals surface area contributed by atoms with Gasteiger partial charge in [0, 0.05) is 25.4 Å². The van der Waals surface area contributed by atoms with E-state index in [9.17, 15) is 4.79 Å². The molecular weight excluding hydrogens is 318 g/mol. The first kappa shape index (κ1) is 14.0. The number of hydrogen-bond donors (Lipinski definition) is 0. The van der Waals surface area contributed by atoms with Crippen molar-refractivity contribution in [2.24, 2.45) is 0 Å². The molecule has 1 atom stereocenters. The highest BCUT2D eigenvalue weighted by atomic mass is 79.9. The Labute approximate surface area is 119 Å². The van der Waals surface area contributed by atoms with Gasteiger partial charge in [-0.2, -0.15) is 11.8 Å². The quantitative estimate of drug-likeness (QED) is 0.830. The topological polar surface area (TPSA) is 42.7 Å². The molecule has 1 unspecified atom stereocenters. The minimum atomic E-state index is 0.0141. The Bertz CT molecular complexity index is 404. The number of ether oxygens (including phenoxy) is 1. The van der Waals surface area contributed by atoms with Crippen molar-refractivity contribution in [3.8, 4) is 0 Å². The molecule has 1 aromatic heterocycles. The molecule has 18 heavy (non-hydrogen) atoms. The van der Waals surface area contributed by atoms with Crippen LogP contribution in [0, 0.1) is 0 Å². The summed E-state index contributed by atoms with van der Waals surface area (Å²) in [6, 6.07) is 2.01. The van der Waals surface area contributed by atoms with Crippen LogP contribution in [0.3, 0.4) is 0 Å². The van der Waals surface area contributed by atoms with Crippen LogP contribution in [0.5, 0.6) is 0 Å². The third kappa shape index (κ3) is 3.10. The van der Waals surface area contributed by atoms with Gasteiger partial charge in [0.1, 0.15) is 0 Å². The molecule has 1 aliphatic heterocycles. The molecule has 100 valence electrons. The Balaban J connectivity index is 2.12. The van der Waals surface area contributed by atoms with Crippen LogP contribution >= 0.6 is 27.7 Å². The molecule has 1 fully saturated rings. The highest BCUT2D eigenvalue weighted by Crippen LogP contribution is 2.26. The van der Waals surface area contributed by atoms with Crippen LogP contribution in [-0.2, 0) is 4.74 Å². The van der Waals surface area contributed by atoms with Crippen molar-refractivity contribution < 1.29 is 13.9 Å². The molecule has 1 aliphatic rings. The molecule has 1 saturated heterocycles. The van der Waals surface area contributed by atoms with Crippen molar-refractivity contribution in [1.82, 2.24) is 4.90 Å². The van der Waals surface area contributed by atoms with Gasteiger partial charge in [0.2, 0.25) is 0 Å². The van der Waals surface area contributed by atoms with Crippen LogP contribution in [0.15, 0.2) is 21.4 Å². The van der Waals surface area contributed by atoms with E-state index in [0.717, 1.165) is 17.9 Å². The minimum Gasteiger partial charge on any atom is -0.457 e. The van der Waals surface area contributed by atoms with Crippen molar-refractivity contribution in [3.05, 3.63) is 22.6 Å². The Morgan fingerprint density at radius 2 is 2.56 bits per heavy atom. The second-order valence-corrected chi connectivity index (χ2v) is 5.99. The number of carbonyl (C=O) groups excluding carboxylic acids is 1. The average Bonchev–Trinajstić information content (AvgIpc) is 3.00. The van der Waals surface area contributed by atoms with Crippen LogP contribution in [-0.4, -0.2) is 48.6 Å². The molecule has 0 radical (unpaired) electrons. The lowest BCUT2D eigenvalue weighted by Gasteiger charge is -2.28. The first-order chi connectivity index (χ1) is 8.74. The van der Waals surface area contributed by atoms with Crippen molar-refractivity contribution in [2.75, 3.05) is 31.8 Å². The largest absolute Gasteiger partial charge is 0.457 e. The van der Waals surface area contributed by atoms with Gasteiger partial charge in [-0.3, -0.25) is 4.79 Å². The fraction of sp³-hybridized carbons (Fsp3) is 0.583. The second-order valence-electron chi connectivity index (χ2n) is 4.12. The van der Waals surface area contributed by atoms with Crippen molar-refractivity contribution in [2.45, 2.75) is 12.5 Å². The number of hydrogen-bond acceptors (Lipinski definition) is 4. The van der Waals surface area contributed by atoms with Gasteiger partial charge in [-0.1, -0.05) is 0 Å². The maximum absolute atomic E-state index is 12.5. The van der Waals surface area contributed by atoms with E-state index in [-0.39, 0.29) is 5.91 Å². The van der Waals surface area contributed by atoms with Gasteiger partial charge in [0.05, 0.1) is 18.4 Å². The highest BCUT2D eigenvalue weighted by Gasteiger charge is 2.29. The van der Waals surface area contributed by atoms with Crippen LogP contribution in [0.1, 0.15) is 16.8 Å². The number of carbonyl (C=O) groups is 1. The number of halogens is 1. The lowest BCUT2D eigenvalue weighted by atomic mass is 10.2. The molecule has 2 heterocycles. The Morgan fingerprint density at radius 1 is 1.72 bits per heavy atom. The molecule has 4 nitrogen and oxygen atoms in total. The summed E-state index contributed by atoms with van der Waals surface area (Å²) in [5.41, 5.74) is 0.586. The number of furan rings is 1. The lowest BCUT2D eigenvalue weighted by Crippen LogP contribution is -2.42. The summed E-state index contributed by atoms with van der Waals surface area (Å²) in [5, 5.41) is 0. The predicted octanol–water partition coefficient (Wildman–Crippen LogP) is 2.64. The van der Waals surface area contributed by atoms with Gasteiger partial charge >= 0.3 is 0 Å². The first-order valence-corrected chi connectivity index (χ1v) is 7.79. The van der Waals surface area contributed by atoms with E-state index in [1.807, 2.05) is 16.7 Å². The molecule has 1 aromatic rings. The lowest BCUT2D eigenvalue weighted by molar-refractivity contribution is 0.0622. The predicted molar refractivity (Wildman–Crippen MR) is 75.1 cm³/mol. The average molecular weight is 334 g/mol. The van der Waals surface area contributed by atoms with E-state index in [0.29, 0.717) is 29.4 Å². The molecule has 0 spiro atoms. The summed E-state index contributed by atoms with van der Waals surface area (Å²) >= 11 is 5.15. The Hall–Kier alpha value is -0.460. The summed E-state index contributed by atoms with van der Waals surface area (Å²) < 4.78 is 10.7. The fourth-order valence-electron chi connectivity index (χ4n) is 2.01. The molecule has 0 aromatic carbocycles. The van der Waals surface area contributed by atoms with Crippen molar-refractivity contribution >= 4 is 33.6 Å². The van der Waals surface area contributed by atoms with Crippen LogP contribution in [0.2, 0.25) is 0 Å². The first-order valence-electron chi connectivity index (χ1n) is 5.84. The van der Waals surface area contributed by atoms with Crippen molar-refractivity contribution in [1.29, 1.82) is 0 Å². The van der Waals surface area contributed by atoms with Crippen molar-refractivity contribution in [3.63, 3.8) is 0 Å². The normalized spacial score (nSPS) is 19.1. The fourth-order valence-corrected chi connectivity index (χ4v) is 3.64. The zero-order valence-corrected chi connectivity index (χ0v) is 12.6. The summed E-state index contributed by atoms with van der Waals surface area (Å²) in [6.07, 6.45) is 2.57. The molecule has 0 N–H and O–H groups in total. The Morgan fingerprint density at radius 3 is 3.11 bits per heavy atom. The number of thioether (sulfide) groups is 1. The molecule has 0 aliphatic carbocycles. The standard InChI is InChI=1S/C12H16BrNO3S/c1-16-6-4-14(9-3-7-18-8-9)12(15)10-2-5-17-11(10)13/h2,5,9H,3-4,6-8H2,1H3. The third-order valence-electron chi connectivity index (χ3n) is 2.99. The minimum absolute atomic E-state index is 0.0141. The SMILES string of the molecule is COCCN(C(=O)c1ccoc1Br)C1CCSC1. The van der Waals surface area contributed by atoms with E-state index < -0.39 is 0 Å². The van der Waals surface area contributed by atoms with Gasteiger partial charge < -0.3 is 14.1 Å². The molecule has 1 amide bonds. The molecule has 0 bridgehead atoms. The van der Waals surface area contributed by atoms with Gasteiger partial charge in [0.15, 0.2) is 4.67 Å². The zero-order valence-electron chi connectivity index (χ0n) is 10.2. The van der Waals surface area contributed by atoms with E-state index >= 15 is 0 Å². The maximum atomic E-state index is 12.5. The summed E-state index contributed by atoms with van der Waals surface area (Å²) in [7, 11) is 1.65. The Kier molecular flexibility index (Phi) is 5.14. The summed E-state index contributed by atoms with van der Waals surface area (Å²) in [4.78, 5) is 14.4. The summed E-state index contributed by atoms with van der Waals surface area (Å²) in [6.45, 7) is 1.18. The molecule has 0 saturated carbocycles. The van der Waals surface area contributed by atoms with Crippen LogP contribution < -0.4 is 0 Å². The van der Waals surface area contributed by atoms with Gasteiger partial charge in [-0.05, 0) is 34.2 Å².